The van der Waals surface area contributed by atoms with Gasteiger partial charge in [-0.3, -0.25) is 0 Å². The van der Waals surface area contributed by atoms with E-state index in [1.165, 1.54) is 18.4 Å². The number of aromatic nitrogens is 1. The molecule has 2 heterocycles. The molecule has 1 atom stereocenters. The lowest BCUT2D eigenvalue weighted by Gasteiger charge is -2.09. The fourth-order valence-electron chi connectivity index (χ4n) is 1.80. The van der Waals surface area contributed by atoms with Crippen LogP contribution in [0.2, 0.25) is 0 Å². The Kier molecular flexibility index (Phi) is 3.43. The monoisotopic (exact) mass is 208 g/mol. The molecule has 3 heteroatoms. The number of pyridine rings is 1. The van der Waals surface area contributed by atoms with Gasteiger partial charge >= 0.3 is 0 Å². The van der Waals surface area contributed by atoms with Crippen LogP contribution in [-0.2, 0) is 0 Å². The third-order valence-corrected chi connectivity index (χ3v) is 3.34. The van der Waals surface area contributed by atoms with Gasteiger partial charge in [0.1, 0.15) is 0 Å². The van der Waals surface area contributed by atoms with E-state index in [1.807, 2.05) is 6.20 Å². The summed E-state index contributed by atoms with van der Waals surface area (Å²) in [4.78, 5) is 4.44. The molecule has 1 saturated heterocycles. The molecule has 0 spiro atoms. The number of rotatable bonds is 3. The van der Waals surface area contributed by atoms with Crippen molar-refractivity contribution < 1.29 is 0 Å². The van der Waals surface area contributed by atoms with Crippen molar-refractivity contribution in [2.45, 2.75) is 30.8 Å². The van der Waals surface area contributed by atoms with Crippen LogP contribution in [0.15, 0.2) is 23.4 Å². The van der Waals surface area contributed by atoms with Gasteiger partial charge in [0.05, 0.1) is 5.03 Å². The maximum Gasteiger partial charge on any atom is 0.0959 e. The van der Waals surface area contributed by atoms with E-state index in [9.17, 15) is 0 Å². The summed E-state index contributed by atoms with van der Waals surface area (Å²) in [5.74, 6) is 1.09. The molecule has 0 bridgehead atoms. The van der Waals surface area contributed by atoms with Crippen LogP contribution in [0.4, 0.5) is 0 Å². The summed E-state index contributed by atoms with van der Waals surface area (Å²) in [5, 5.41) is 4.61. The van der Waals surface area contributed by atoms with Crippen LogP contribution < -0.4 is 5.32 Å². The predicted octanol–water partition coefficient (Wildman–Crippen LogP) is 2.62. The van der Waals surface area contributed by atoms with E-state index in [0.29, 0.717) is 6.04 Å². The molecule has 2 nitrogen and oxygen atoms in total. The molecule has 1 aromatic heterocycles. The van der Waals surface area contributed by atoms with Gasteiger partial charge in [-0.05, 0) is 36.8 Å². The lowest BCUT2D eigenvalue weighted by atomic mass is 10.1. The van der Waals surface area contributed by atoms with Crippen molar-refractivity contribution in [2.75, 3.05) is 12.3 Å². The summed E-state index contributed by atoms with van der Waals surface area (Å²) in [7, 11) is 0. The van der Waals surface area contributed by atoms with Crippen LogP contribution in [0, 0.1) is 0 Å². The SMILES string of the molecule is CCSc1ccc([C@@H]2CCCN2)cn1. The highest BCUT2D eigenvalue weighted by Gasteiger charge is 2.15. The highest BCUT2D eigenvalue weighted by atomic mass is 32.2. The summed E-state index contributed by atoms with van der Waals surface area (Å²) in [6, 6.07) is 4.88. The third kappa shape index (κ3) is 2.28. The molecule has 1 N–H and O–H groups in total. The average Bonchev–Trinajstić information content (AvgIpc) is 2.72. The fraction of sp³-hybridized carbons (Fsp3) is 0.545. The zero-order chi connectivity index (χ0) is 9.80. The molecule has 1 aromatic rings. The molecule has 2 rings (SSSR count). The highest BCUT2D eigenvalue weighted by Crippen LogP contribution is 2.23. The van der Waals surface area contributed by atoms with Gasteiger partial charge in [0.15, 0.2) is 0 Å². The Balaban J connectivity index is 2.05. The molecule has 1 fully saturated rings. The quantitative estimate of drug-likeness (QED) is 0.773. The Labute approximate surface area is 89.5 Å². The van der Waals surface area contributed by atoms with E-state index in [1.54, 1.807) is 11.8 Å². The molecule has 14 heavy (non-hydrogen) atoms. The van der Waals surface area contributed by atoms with Gasteiger partial charge in [-0.15, -0.1) is 11.8 Å². The van der Waals surface area contributed by atoms with Crippen molar-refractivity contribution in [1.82, 2.24) is 10.3 Å². The standard InChI is InChI=1S/C11H16N2S/c1-2-14-11-6-5-9(8-13-11)10-4-3-7-12-10/h5-6,8,10,12H,2-4,7H2,1H3/t10-/m0/s1. The molecule has 1 aliphatic rings. The summed E-state index contributed by atoms with van der Waals surface area (Å²) in [5.41, 5.74) is 1.34. The minimum Gasteiger partial charge on any atom is -0.310 e. The molecule has 76 valence electrons. The highest BCUT2D eigenvalue weighted by molar-refractivity contribution is 7.99. The second-order valence-electron chi connectivity index (χ2n) is 3.51. The normalized spacial score (nSPS) is 21.4. The zero-order valence-corrected chi connectivity index (χ0v) is 9.31. The number of nitrogens with zero attached hydrogens (tertiary/aromatic N) is 1. The van der Waals surface area contributed by atoms with Crippen LogP contribution in [-0.4, -0.2) is 17.3 Å². The van der Waals surface area contributed by atoms with E-state index in [-0.39, 0.29) is 0 Å². The largest absolute Gasteiger partial charge is 0.310 e. The summed E-state index contributed by atoms with van der Waals surface area (Å²) in [6.07, 6.45) is 4.55. The van der Waals surface area contributed by atoms with Crippen molar-refractivity contribution in [3.05, 3.63) is 23.9 Å². The second kappa shape index (κ2) is 4.80. The van der Waals surface area contributed by atoms with Crippen LogP contribution >= 0.6 is 11.8 Å². The van der Waals surface area contributed by atoms with Crippen molar-refractivity contribution in [2.24, 2.45) is 0 Å². The van der Waals surface area contributed by atoms with Gasteiger partial charge in [0, 0.05) is 12.2 Å². The lowest BCUT2D eigenvalue weighted by Crippen LogP contribution is -2.12. The number of nitrogens with one attached hydrogen (secondary N) is 1. The smallest absolute Gasteiger partial charge is 0.0959 e. The van der Waals surface area contributed by atoms with Gasteiger partial charge < -0.3 is 5.32 Å². The minimum atomic E-state index is 0.545. The first kappa shape index (κ1) is 9.99. The lowest BCUT2D eigenvalue weighted by molar-refractivity contribution is 0.643. The molecule has 0 saturated carbocycles. The van der Waals surface area contributed by atoms with Gasteiger partial charge in [-0.25, -0.2) is 4.98 Å². The van der Waals surface area contributed by atoms with E-state index in [4.69, 9.17) is 0 Å². The van der Waals surface area contributed by atoms with Crippen molar-refractivity contribution in [1.29, 1.82) is 0 Å². The topological polar surface area (TPSA) is 24.9 Å². The molecular formula is C11H16N2S. The van der Waals surface area contributed by atoms with Gasteiger partial charge in [-0.1, -0.05) is 13.0 Å². The zero-order valence-electron chi connectivity index (χ0n) is 8.49. The first-order valence-electron chi connectivity index (χ1n) is 5.22. The van der Waals surface area contributed by atoms with Crippen LogP contribution in [0.1, 0.15) is 31.4 Å². The molecule has 1 aliphatic heterocycles. The van der Waals surface area contributed by atoms with Crippen LogP contribution in [0.25, 0.3) is 0 Å². The summed E-state index contributed by atoms with van der Waals surface area (Å²) in [6.45, 7) is 3.30. The molecule has 0 aliphatic carbocycles. The van der Waals surface area contributed by atoms with Crippen LogP contribution in [0.3, 0.4) is 0 Å². The Morgan fingerprint density at radius 3 is 3.07 bits per heavy atom. The molecular weight excluding hydrogens is 192 g/mol. The Morgan fingerprint density at radius 1 is 1.57 bits per heavy atom. The van der Waals surface area contributed by atoms with E-state index in [0.717, 1.165) is 17.3 Å². The second-order valence-corrected chi connectivity index (χ2v) is 4.80. The predicted molar refractivity (Wildman–Crippen MR) is 60.6 cm³/mol. The number of hydrogen-bond acceptors (Lipinski definition) is 3. The Morgan fingerprint density at radius 2 is 2.50 bits per heavy atom. The first-order chi connectivity index (χ1) is 6.90. The molecule has 0 aromatic carbocycles. The summed E-state index contributed by atoms with van der Waals surface area (Å²) < 4.78 is 0. The molecule has 0 unspecified atom stereocenters. The maximum absolute atomic E-state index is 4.44. The Hall–Kier alpha value is -0.540. The maximum atomic E-state index is 4.44. The number of hydrogen-bond donors (Lipinski definition) is 1. The van der Waals surface area contributed by atoms with Gasteiger partial charge in [0.25, 0.3) is 0 Å². The summed E-state index contributed by atoms with van der Waals surface area (Å²) >= 11 is 1.80. The van der Waals surface area contributed by atoms with Gasteiger partial charge in [-0.2, -0.15) is 0 Å². The third-order valence-electron chi connectivity index (χ3n) is 2.51. The molecule has 0 amide bonds. The average molecular weight is 208 g/mol. The minimum absolute atomic E-state index is 0.545. The van der Waals surface area contributed by atoms with E-state index < -0.39 is 0 Å². The first-order valence-corrected chi connectivity index (χ1v) is 6.21. The van der Waals surface area contributed by atoms with Crippen LogP contribution in [0.5, 0.6) is 0 Å². The molecule has 0 radical (unpaired) electrons. The Bertz CT molecular complexity index is 278. The fourth-order valence-corrected chi connectivity index (χ4v) is 2.39. The van der Waals surface area contributed by atoms with Gasteiger partial charge in [0.2, 0.25) is 0 Å². The van der Waals surface area contributed by atoms with Crippen molar-refractivity contribution in [3.8, 4) is 0 Å². The van der Waals surface area contributed by atoms with Crippen molar-refractivity contribution in [3.63, 3.8) is 0 Å². The van der Waals surface area contributed by atoms with E-state index in [2.05, 4.69) is 29.4 Å². The van der Waals surface area contributed by atoms with E-state index >= 15 is 0 Å². The number of thioether (sulfide) groups is 1. The van der Waals surface area contributed by atoms with Crippen molar-refractivity contribution >= 4 is 11.8 Å².